The smallest absolute Gasteiger partial charge is 0.232 e. The Bertz CT molecular complexity index is 708. The second-order valence-electron chi connectivity index (χ2n) is 8.65. The molecule has 5 nitrogen and oxygen atoms in total. The molecule has 3 rings (SSSR count). The fourth-order valence-corrected chi connectivity index (χ4v) is 4.23. The molecular formula is C23H35N3O2. The monoisotopic (exact) mass is 385 g/mol. The van der Waals surface area contributed by atoms with Crippen molar-refractivity contribution in [2.45, 2.75) is 39.7 Å². The van der Waals surface area contributed by atoms with Crippen LogP contribution in [0.5, 0.6) is 5.75 Å². The quantitative estimate of drug-likeness (QED) is 0.728. The molecule has 1 aromatic carbocycles. The lowest BCUT2D eigenvalue weighted by atomic mass is 9.84. The van der Waals surface area contributed by atoms with Gasteiger partial charge in [0.15, 0.2) is 0 Å². The van der Waals surface area contributed by atoms with E-state index in [4.69, 9.17) is 4.74 Å². The molecule has 0 aliphatic carbocycles. The van der Waals surface area contributed by atoms with Gasteiger partial charge in [-0.1, -0.05) is 24.3 Å². The van der Waals surface area contributed by atoms with E-state index in [9.17, 15) is 4.79 Å². The lowest BCUT2D eigenvalue weighted by molar-refractivity contribution is -0.140. The minimum Gasteiger partial charge on any atom is -0.495 e. The maximum absolute atomic E-state index is 13.0. The number of likely N-dealkylation sites (tertiary alicyclic amines) is 1. The van der Waals surface area contributed by atoms with Crippen molar-refractivity contribution in [2.24, 2.45) is 5.41 Å². The van der Waals surface area contributed by atoms with E-state index in [2.05, 4.69) is 33.4 Å². The van der Waals surface area contributed by atoms with Gasteiger partial charge in [-0.2, -0.15) is 0 Å². The molecule has 0 N–H and O–H groups in total. The molecule has 2 aliphatic rings. The Kier molecular flexibility index (Phi) is 6.33. The molecule has 0 saturated carbocycles. The van der Waals surface area contributed by atoms with Crippen molar-refractivity contribution in [3.8, 4) is 5.75 Å². The number of nitrogens with zero attached hydrogens (tertiary/aromatic N) is 3. The maximum atomic E-state index is 13.0. The summed E-state index contributed by atoms with van der Waals surface area (Å²) in [5, 5.41) is 0. The molecule has 0 bridgehead atoms. The molecule has 28 heavy (non-hydrogen) atoms. The second-order valence-corrected chi connectivity index (χ2v) is 8.65. The summed E-state index contributed by atoms with van der Waals surface area (Å²) in [7, 11) is 1.73. The molecule has 1 aromatic rings. The third kappa shape index (κ3) is 4.19. The van der Waals surface area contributed by atoms with Crippen LogP contribution in [-0.4, -0.2) is 68.1 Å². The molecule has 1 unspecified atom stereocenters. The van der Waals surface area contributed by atoms with Gasteiger partial charge in [0, 0.05) is 45.3 Å². The van der Waals surface area contributed by atoms with Gasteiger partial charge in [0.1, 0.15) is 5.75 Å². The number of hydrogen-bond acceptors (Lipinski definition) is 4. The van der Waals surface area contributed by atoms with E-state index in [0.717, 1.165) is 57.0 Å². The number of ether oxygens (including phenoxy) is 1. The lowest BCUT2D eigenvalue weighted by Gasteiger charge is -2.45. The normalized spacial score (nSPS) is 21.5. The SMILES string of the molecule is C=C(C)C(C)(C)C(=O)N1CCCC(N2CCN(c3ccccc3OC)CC2)C1. The van der Waals surface area contributed by atoms with Gasteiger partial charge in [0.2, 0.25) is 5.91 Å². The van der Waals surface area contributed by atoms with Crippen molar-refractivity contribution >= 4 is 11.6 Å². The van der Waals surface area contributed by atoms with Crippen molar-refractivity contribution in [1.82, 2.24) is 9.80 Å². The summed E-state index contributed by atoms with van der Waals surface area (Å²) in [6, 6.07) is 8.69. The van der Waals surface area contributed by atoms with Crippen molar-refractivity contribution in [3.05, 3.63) is 36.4 Å². The summed E-state index contributed by atoms with van der Waals surface area (Å²) in [6.07, 6.45) is 2.25. The summed E-state index contributed by atoms with van der Waals surface area (Å²) in [5.74, 6) is 1.16. The standard InChI is InChI=1S/C23H35N3O2/c1-18(2)23(3,4)22(27)26-12-8-9-19(17-26)24-13-15-25(16-14-24)20-10-6-7-11-21(20)28-5/h6-7,10-11,19H,1,8-9,12-17H2,2-5H3. The van der Waals surface area contributed by atoms with E-state index in [1.54, 1.807) is 7.11 Å². The van der Waals surface area contributed by atoms with Crippen molar-refractivity contribution in [1.29, 1.82) is 0 Å². The Morgan fingerprint density at radius 1 is 1.14 bits per heavy atom. The Hall–Kier alpha value is -2.01. The molecule has 2 saturated heterocycles. The molecule has 0 spiro atoms. The van der Waals surface area contributed by atoms with E-state index in [0.29, 0.717) is 6.04 Å². The summed E-state index contributed by atoms with van der Waals surface area (Å²) in [4.78, 5) is 20.1. The van der Waals surface area contributed by atoms with E-state index < -0.39 is 5.41 Å². The predicted octanol–water partition coefficient (Wildman–Crippen LogP) is 3.41. The number of piperidine rings is 1. The third-order valence-electron chi connectivity index (χ3n) is 6.54. The number of amides is 1. The highest BCUT2D eigenvalue weighted by molar-refractivity contribution is 5.85. The topological polar surface area (TPSA) is 36.0 Å². The molecule has 154 valence electrons. The largest absolute Gasteiger partial charge is 0.495 e. The number of carbonyl (C=O) groups excluding carboxylic acids is 1. The van der Waals surface area contributed by atoms with Gasteiger partial charge in [0.25, 0.3) is 0 Å². The molecule has 1 amide bonds. The molecule has 2 aliphatic heterocycles. The van der Waals surface area contributed by atoms with Crippen LogP contribution in [-0.2, 0) is 4.79 Å². The number of rotatable bonds is 5. The van der Waals surface area contributed by atoms with Crippen LogP contribution in [0.25, 0.3) is 0 Å². The highest BCUT2D eigenvalue weighted by Gasteiger charge is 2.36. The molecule has 1 atom stereocenters. The maximum Gasteiger partial charge on any atom is 0.232 e. The van der Waals surface area contributed by atoms with Gasteiger partial charge in [-0.05, 0) is 45.7 Å². The minimum absolute atomic E-state index is 0.220. The van der Waals surface area contributed by atoms with Crippen LogP contribution in [0.1, 0.15) is 33.6 Å². The number of para-hydroxylation sites is 2. The average molecular weight is 386 g/mol. The Morgan fingerprint density at radius 3 is 2.46 bits per heavy atom. The fraction of sp³-hybridized carbons (Fsp3) is 0.609. The molecule has 2 heterocycles. The first-order valence-corrected chi connectivity index (χ1v) is 10.4. The van der Waals surface area contributed by atoms with E-state index in [1.807, 2.05) is 32.9 Å². The predicted molar refractivity (Wildman–Crippen MR) is 115 cm³/mol. The van der Waals surface area contributed by atoms with Gasteiger partial charge < -0.3 is 14.5 Å². The van der Waals surface area contributed by atoms with E-state index in [1.165, 1.54) is 12.1 Å². The molecule has 0 radical (unpaired) electrons. The summed E-state index contributed by atoms with van der Waals surface area (Å²) in [5.41, 5.74) is 1.63. The van der Waals surface area contributed by atoms with Gasteiger partial charge in [-0.25, -0.2) is 0 Å². The van der Waals surface area contributed by atoms with Gasteiger partial charge in [-0.15, -0.1) is 0 Å². The number of anilines is 1. The number of methoxy groups -OCH3 is 1. The van der Waals surface area contributed by atoms with Crippen molar-refractivity contribution in [2.75, 3.05) is 51.3 Å². The van der Waals surface area contributed by atoms with Crippen molar-refractivity contribution in [3.63, 3.8) is 0 Å². The fourth-order valence-electron chi connectivity index (χ4n) is 4.23. The second kappa shape index (κ2) is 8.56. The lowest BCUT2D eigenvalue weighted by Crippen LogP contribution is -2.57. The van der Waals surface area contributed by atoms with Gasteiger partial charge >= 0.3 is 0 Å². The first kappa shape index (κ1) is 20.7. The Balaban J connectivity index is 1.60. The van der Waals surface area contributed by atoms with Crippen LogP contribution in [0.3, 0.4) is 0 Å². The third-order valence-corrected chi connectivity index (χ3v) is 6.54. The van der Waals surface area contributed by atoms with Crippen molar-refractivity contribution < 1.29 is 9.53 Å². The molecule has 0 aromatic heterocycles. The van der Waals surface area contributed by atoms with Crippen LogP contribution in [0.2, 0.25) is 0 Å². The minimum atomic E-state index is -0.482. The molecule has 2 fully saturated rings. The number of piperazine rings is 1. The molecule has 5 heteroatoms. The van der Waals surface area contributed by atoms with Crippen LogP contribution in [0.15, 0.2) is 36.4 Å². The number of benzene rings is 1. The van der Waals surface area contributed by atoms with Crippen LogP contribution in [0, 0.1) is 5.41 Å². The average Bonchev–Trinajstić information content (AvgIpc) is 2.73. The van der Waals surface area contributed by atoms with Crippen LogP contribution in [0.4, 0.5) is 5.69 Å². The zero-order valence-corrected chi connectivity index (χ0v) is 17.9. The van der Waals surface area contributed by atoms with Crippen LogP contribution >= 0.6 is 0 Å². The van der Waals surface area contributed by atoms with Crippen LogP contribution < -0.4 is 9.64 Å². The first-order valence-electron chi connectivity index (χ1n) is 10.4. The van der Waals surface area contributed by atoms with Gasteiger partial charge in [-0.3, -0.25) is 9.69 Å². The highest BCUT2D eigenvalue weighted by atomic mass is 16.5. The highest BCUT2D eigenvalue weighted by Crippen LogP contribution is 2.31. The van der Waals surface area contributed by atoms with E-state index in [-0.39, 0.29) is 5.91 Å². The first-order chi connectivity index (χ1) is 13.3. The summed E-state index contributed by atoms with van der Waals surface area (Å²) in [6.45, 7) is 15.7. The summed E-state index contributed by atoms with van der Waals surface area (Å²) >= 11 is 0. The summed E-state index contributed by atoms with van der Waals surface area (Å²) < 4.78 is 5.53. The Morgan fingerprint density at radius 2 is 1.82 bits per heavy atom. The van der Waals surface area contributed by atoms with Gasteiger partial charge in [0.05, 0.1) is 18.2 Å². The number of hydrogen-bond donors (Lipinski definition) is 0. The Labute approximate surface area is 169 Å². The number of carbonyl (C=O) groups is 1. The van der Waals surface area contributed by atoms with E-state index >= 15 is 0 Å². The zero-order chi connectivity index (χ0) is 20.3. The zero-order valence-electron chi connectivity index (χ0n) is 17.9. The molecular weight excluding hydrogens is 350 g/mol.